The van der Waals surface area contributed by atoms with E-state index in [0.29, 0.717) is 5.56 Å². The molecule has 0 spiro atoms. The molecule has 0 fully saturated rings. The van der Waals surface area contributed by atoms with Gasteiger partial charge in [0.2, 0.25) is 0 Å². The van der Waals surface area contributed by atoms with Crippen molar-refractivity contribution in [2.45, 2.75) is 26.8 Å². The Morgan fingerprint density at radius 2 is 1.80 bits per heavy atom. The number of nitrogens with zero attached hydrogens (tertiary/aromatic N) is 1. The lowest BCUT2D eigenvalue weighted by Gasteiger charge is -2.13. The van der Waals surface area contributed by atoms with Crippen LogP contribution < -0.4 is 5.73 Å². The number of carbonyl (C=O) groups excluding carboxylic acids is 1. The maximum atomic E-state index is 11.8. The van der Waals surface area contributed by atoms with Crippen molar-refractivity contribution in [3.8, 4) is 11.3 Å². The fourth-order valence-electron chi connectivity index (χ4n) is 3.08. The minimum Gasteiger partial charge on any atom is -0.366 e. The number of aromatic nitrogens is 1. The normalized spacial score (nSPS) is 10.8. The molecule has 0 aliphatic carbocycles. The summed E-state index contributed by atoms with van der Waals surface area (Å²) < 4.78 is 2.16. The minimum atomic E-state index is -0.396. The number of hydrogen-bond donors (Lipinski definition) is 1. The molecule has 1 amide bonds. The molecule has 1 heterocycles. The van der Waals surface area contributed by atoms with Crippen LogP contribution in [0.25, 0.3) is 11.3 Å². The molecular formula is C21H21ClN2O. The predicted octanol–water partition coefficient (Wildman–Crippen LogP) is 4.77. The molecule has 0 atom stereocenters. The summed E-state index contributed by atoms with van der Waals surface area (Å²) in [5.74, 6) is -0.396. The maximum absolute atomic E-state index is 11.8. The van der Waals surface area contributed by atoms with Gasteiger partial charge in [-0.2, -0.15) is 0 Å². The van der Waals surface area contributed by atoms with Gasteiger partial charge in [0.05, 0.1) is 5.56 Å². The van der Waals surface area contributed by atoms with E-state index in [1.165, 1.54) is 5.56 Å². The van der Waals surface area contributed by atoms with Crippen LogP contribution in [0.1, 0.15) is 27.2 Å². The second-order valence-electron chi connectivity index (χ2n) is 6.29. The van der Waals surface area contributed by atoms with Gasteiger partial charge in [0.1, 0.15) is 0 Å². The van der Waals surface area contributed by atoms with E-state index in [1.54, 1.807) is 0 Å². The van der Waals surface area contributed by atoms with Crippen LogP contribution in [0, 0.1) is 13.8 Å². The second-order valence-corrected chi connectivity index (χ2v) is 6.73. The summed E-state index contributed by atoms with van der Waals surface area (Å²) in [5, 5.41) is 0.735. The SMILES string of the molecule is Cc1ccc(-c2cc(C(N)=O)c(C)n2CCc2cccc(Cl)c2)cc1. The molecule has 2 aromatic carbocycles. The summed E-state index contributed by atoms with van der Waals surface area (Å²) in [6.45, 7) is 4.75. The number of aryl methyl sites for hydroxylation is 2. The molecule has 25 heavy (non-hydrogen) atoms. The molecular weight excluding hydrogens is 332 g/mol. The monoisotopic (exact) mass is 352 g/mol. The summed E-state index contributed by atoms with van der Waals surface area (Å²) >= 11 is 6.08. The highest BCUT2D eigenvalue weighted by Gasteiger charge is 2.16. The first kappa shape index (κ1) is 17.3. The first-order valence-corrected chi connectivity index (χ1v) is 8.65. The zero-order valence-electron chi connectivity index (χ0n) is 14.4. The van der Waals surface area contributed by atoms with Gasteiger partial charge in [-0.1, -0.05) is 53.6 Å². The van der Waals surface area contributed by atoms with Gasteiger partial charge >= 0.3 is 0 Å². The zero-order chi connectivity index (χ0) is 18.0. The first-order valence-electron chi connectivity index (χ1n) is 8.27. The molecule has 0 radical (unpaired) electrons. The van der Waals surface area contributed by atoms with Crippen molar-refractivity contribution in [2.75, 3.05) is 0 Å². The summed E-state index contributed by atoms with van der Waals surface area (Å²) in [6, 6.07) is 18.0. The number of hydrogen-bond acceptors (Lipinski definition) is 1. The van der Waals surface area contributed by atoms with Gasteiger partial charge in [0.15, 0.2) is 0 Å². The van der Waals surface area contributed by atoms with E-state index in [0.717, 1.165) is 40.5 Å². The Morgan fingerprint density at radius 1 is 1.08 bits per heavy atom. The van der Waals surface area contributed by atoms with E-state index in [1.807, 2.05) is 31.2 Å². The maximum Gasteiger partial charge on any atom is 0.250 e. The number of rotatable bonds is 5. The Morgan fingerprint density at radius 3 is 2.44 bits per heavy atom. The molecule has 0 aliphatic heterocycles. The van der Waals surface area contributed by atoms with Crippen molar-refractivity contribution in [3.05, 3.63) is 82.0 Å². The molecule has 0 bridgehead atoms. The number of carbonyl (C=O) groups is 1. The molecule has 0 saturated carbocycles. The van der Waals surface area contributed by atoms with Crippen LogP contribution in [0.2, 0.25) is 5.02 Å². The van der Waals surface area contributed by atoms with Crippen LogP contribution in [0.4, 0.5) is 0 Å². The lowest BCUT2D eigenvalue weighted by Crippen LogP contribution is -2.13. The minimum absolute atomic E-state index is 0.396. The topological polar surface area (TPSA) is 48.0 Å². The van der Waals surface area contributed by atoms with Crippen molar-refractivity contribution >= 4 is 17.5 Å². The van der Waals surface area contributed by atoms with Gasteiger partial charge < -0.3 is 10.3 Å². The molecule has 128 valence electrons. The van der Waals surface area contributed by atoms with Crippen molar-refractivity contribution in [2.24, 2.45) is 5.73 Å². The molecule has 0 aliphatic rings. The Balaban J connectivity index is 1.98. The highest BCUT2D eigenvalue weighted by molar-refractivity contribution is 6.30. The van der Waals surface area contributed by atoms with Crippen LogP contribution in [0.5, 0.6) is 0 Å². The molecule has 0 unspecified atom stereocenters. The number of primary amides is 1. The van der Waals surface area contributed by atoms with Gasteiger partial charge in [-0.3, -0.25) is 4.79 Å². The van der Waals surface area contributed by atoms with Crippen molar-refractivity contribution in [1.82, 2.24) is 4.57 Å². The third-order valence-corrected chi connectivity index (χ3v) is 4.73. The van der Waals surface area contributed by atoms with Crippen LogP contribution in [-0.4, -0.2) is 10.5 Å². The highest BCUT2D eigenvalue weighted by atomic mass is 35.5. The second kappa shape index (κ2) is 7.16. The van der Waals surface area contributed by atoms with Crippen LogP contribution in [-0.2, 0) is 13.0 Å². The largest absolute Gasteiger partial charge is 0.366 e. The van der Waals surface area contributed by atoms with E-state index in [2.05, 4.69) is 41.8 Å². The molecule has 3 rings (SSSR count). The van der Waals surface area contributed by atoms with Gasteiger partial charge in [-0.15, -0.1) is 0 Å². The van der Waals surface area contributed by atoms with Gasteiger partial charge in [-0.25, -0.2) is 0 Å². The number of benzene rings is 2. The summed E-state index contributed by atoms with van der Waals surface area (Å²) in [7, 11) is 0. The Hall–Kier alpha value is -2.52. The van der Waals surface area contributed by atoms with E-state index >= 15 is 0 Å². The van der Waals surface area contributed by atoms with Crippen LogP contribution in [0.3, 0.4) is 0 Å². The molecule has 1 aromatic heterocycles. The third kappa shape index (κ3) is 3.77. The first-order chi connectivity index (χ1) is 12.0. The molecule has 2 N–H and O–H groups in total. The average Bonchev–Trinajstić information content (AvgIpc) is 2.91. The van der Waals surface area contributed by atoms with Crippen molar-refractivity contribution < 1.29 is 4.79 Å². The summed E-state index contributed by atoms with van der Waals surface area (Å²) in [5.41, 5.74) is 11.5. The lowest BCUT2D eigenvalue weighted by atomic mass is 10.1. The van der Waals surface area contributed by atoms with Gasteiger partial charge in [0.25, 0.3) is 5.91 Å². The van der Waals surface area contributed by atoms with Gasteiger partial charge in [0, 0.05) is 23.0 Å². The fourth-order valence-corrected chi connectivity index (χ4v) is 3.29. The molecule has 4 heteroatoms. The average molecular weight is 353 g/mol. The standard InChI is InChI=1S/C21H21ClN2O/c1-14-6-8-17(9-7-14)20-13-19(21(23)25)15(2)24(20)11-10-16-4-3-5-18(22)12-16/h3-9,12-13H,10-11H2,1-2H3,(H2,23,25). The summed E-state index contributed by atoms with van der Waals surface area (Å²) in [6.07, 6.45) is 0.827. The summed E-state index contributed by atoms with van der Waals surface area (Å²) in [4.78, 5) is 11.8. The highest BCUT2D eigenvalue weighted by Crippen LogP contribution is 2.27. The Bertz CT molecular complexity index is 910. The molecule has 0 saturated heterocycles. The third-order valence-electron chi connectivity index (χ3n) is 4.49. The fraction of sp³-hybridized carbons (Fsp3) is 0.190. The number of amides is 1. The van der Waals surface area contributed by atoms with E-state index in [-0.39, 0.29) is 0 Å². The Labute approximate surface area is 153 Å². The smallest absolute Gasteiger partial charge is 0.250 e. The van der Waals surface area contributed by atoms with Gasteiger partial charge in [-0.05, 0) is 49.6 Å². The molecule has 3 aromatic rings. The zero-order valence-corrected chi connectivity index (χ0v) is 15.2. The van der Waals surface area contributed by atoms with E-state index in [4.69, 9.17) is 17.3 Å². The predicted molar refractivity (Wildman–Crippen MR) is 103 cm³/mol. The van der Waals surface area contributed by atoms with Crippen LogP contribution in [0.15, 0.2) is 54.6 Å². The number of nitrogens with two attached hydrogens (primary N) is 1. The quantitative estimate of drug-likeness (QED) is 0.706. The van der Waals surface area contributed by atoms with Crippen molar-refractivity contribution in [1.29, 1.82) is 0 Å². The molecule has 3 nitrogen and oxygen atoms in total. The Kier molecular flexibility index (Phi) is 4.95. The van der Waals surface area contributed by atoms with Crippen molar-refractivity contribution in [3.63, 3.8) is 0 Å². The van der Waals surface area contributed by atoms with E-state index < -0.39 is 5.91 Å². The van der Waals surface area contributed by atoms with E-state index in [9.17, 15) is 4.79 Å². The lowest BCUT2D eigenvalue weighted by molar-refractivity contribution is 0.0999. The van der Waals surface area contributed by atoms with Crippen LogP contribution >= 0.6 is 11.6 Å². The number of halogens is 1.